The molecule has 1 aliphatic rings. The van der Waals surface area contributed by atoms with Crippen molar-refractivity contribution >= 4 is 33.3 Å². The summed E-state index contributed by atoms with van der Waals surface area (Å²) in [5.74, 6) is 1.72. The number of benzene rings is 4. The molecule has 0 aliphatic carbocycles. The summed E-state index contributed by atoms with van der Waals surface area (Å²) in [7, 11) is 0. The molecule has 1 unspecified atom stereocenters. The molecule has 4 aromatic carbocycles. The molecule has 0 fully saturated rings. The number of phenols is 1. The van der Waals surface area contributed by atoms with Crippen molar-refractivity contribution in [1.29, 1.82) is 0 Å². The van der Waals surface area contributed by atoms with Gasteiger partial charge in [-0.2, -0.15) is 0 Å². The summed E-state index contributed by atoms with van der Waals surface area (Å²) in [5, 5.41) is 15.7. The van der Waals surface area contributed by atoms with Gasteiger partial charge in [0.25, 0.3) is 0 Å². The second kappa shape index (κ2) is 5.82. The van der Waals surface area contributed by atoms with Crippen molar-refractivity contribution in [3.8, 4) is 5.75 Å². The molecule has 0 spiro atoms. The summed E-state index contributed by atoms with van der Waals surface area (Å²) < 4.78 is 0. The highest BCUT2D eigenvalue weighted by molar-refractivity contribution is 7.99. The minimum Gasteiger partial charge on any atom is -0.508 e. The maximum absolute atomic E-state index is 10.8. The molecule has 1 aliphatic heterocycles. The van der Waals surface area contributed by atoms with Gasteiger partial charge in [-0.1, -0.05) is 60.7 Å². The number of rotatable bonds is 1. The van der Waals surface area contributed by atoms with Gasteiger partial charge < -0.3 is 5.11 Å². The van der Waals surface area contributed by atoms with Gasteiger partial charge in [0.2, 0.25) is 0 Å². The van der Waals surface area contributed by atoms with Gasteiger partial charge in [-0.3, -0.25) is 0 Å². The van der Waals surface area contributed by atoms with Crippen LogP contribution >= 0.6 is 11.8 Å². The van der Waals surface area contributed by atoms with Crippen LogP contribution in [0.4, 0.5) is 0 Å². The highest BCUT2D eigenvalue weighted by atomic mass is 32.2. The fraction of sp³-hybridized carbons (Fsp3) is 0.130. The van der Waals surface area contributed by atoms with Gasteiger partial charge in [-0.15, -0.1) is 11.8 Å². The molecule has 1 heterocycles. The van der Waals surface area contributed by atoms with Gasteiger partial charge in [0.15, 0.2) is 0 Å². The lowest BCUT2D eigenvalue weighted by atomic mass is 9.83. The third-order valence-electron chi connectivity index (χ3n) is 5.24. The summed E-state index contributed by atoms with van der Waals surface area (Å²) in [6, 6.07) is 25.3. The molecule has 0 saturated carbocycles. The maximum Gasteiger partial charge on any atom is 0.120 e. The van der Waals surface area contributed by atoms with E-state index in [0.29, 0.717) is 5.75 Å². The van der Waals surface area contributed by atoms with E-state index in [0.717, 1.165) is 17.7 Å². The molecule has 25 heavy (non-hydrogen) atoms. The molecule has 0 amide bonds. The van der Waals surface area contributed by atoms with Crippen LogP contribution in [-0.2, 0) is 0 Å². The number of aromatic hydroxyl groups is 1. The van der Waals surface area contributed by atoms with Crippen LogP contribution in [0.3, 0.4) is 0 Å². The Hall–Kier alpha value is -2.45. The molecule has 0 saturated heterocycles. The van der Waals surface area contributed by atoms with Crippen molar-refractivity contribution in [3.05, 3.63) is 83.9 Å². The van der Waals surface area contributed by atoms with E-state index in [2.05, 4.69) is 60.7 Å². The Morgan fingerprint density at radius 3 is 2.12 bits per heavy atom. The minimum atomic E-state index is 0.230. The number of thioether (sulfide) groups is 1. The predicted molar refractivity (Wildman–Crippen MR) is 107 cm³/mol. The molecule has 0 aromatic heterocycles. The van der Waals surface area contributed by atoms with Gasteiger partial charge in [-0.25, -0.2) is 0 Å². The van der Waals surface area contributed by atoms with Crippen LogP contribution in [0.2, 0.25) is 0 Å². The van der Waals surface area contributed by atoms with E-state index in [-0.39, 0.29) is 5.92 Å². The van der Waals surface area contributed by atoms with Crippen LogP contribution in [-0.4, -0.2) is 10.9 Å². The van der Waals surface area contributed by atoms with Crippen molar-refractivity contribution in [1.82, 2.24) is 0 Å². The van der Waals surface area contributed by atoms with Gasteiger partial charge in [-0.05, 0) is 51.4 Å². The van der Waals surface area contributed by atoms with Gasteiger partial charge in [0.1, 0.15) is 5.75 Å². The molecule has 122 valence electrons. The van der Waals surface area contributed by atoms with E-state index >= 15 is 0 Å². The first-order valence-electron chi connectivity index (χ1n) is 8.68. The van der Waals surface area contributed by atoms with Gasteiger partial charge in [0.05, 0.1) is 0 Å². The average molecular weight is 342 g/mol. The van der Waals surface area contributed by atoms with Gasteiger partial charge in [0, 0.05) is 16.4 Å². The molecular weight excluding hydrogens is 324 g/mol. The smallest absolute Gasteiger partial charge is 0.120 e. The fourth-order valence-electron chi connectivity index (χ4n) is 4.13. The zero-order chi connectivity index (χ0) is 16.8. The summed E-state index contributed by atoms with van der Waals surface area (Å²) in [4.78, 5) is 1.35. The molecule has 2 heteroatoms. The second-order valence-corrected chi connectivity index (χ2v) is 7.74. The predicted octanol–water partition coefficient (Wildman–Crippen LogP) is 6.33. The first-order valence-corrected chi connectivity index (χ1v) is 9.66. The minimum absolute atomic E-state index is 0.230. The SMILES string of the molecule is Oc1ccc2ccccc2c1C1CCSc2ccc3ccccc3c21. The Labute approximate surface area is 151 Å². The van der Waals surface area contributed by atoms with Crippen LogP contribution in [0.25, 0.3) is 21.5 Å². The van der Waals surface area contributed by atoms with E-state index in [4.69, 9.17) is 0 Å². The summed E-state index contributed by atoms with van der Waals surface area (Å²) in [6.07, 6.45) is 1.05. The fourth-order valence-corrected chi connectivity index (χ4v) is 5.28. The zero-order valence-electron chi connectivity index (χ0n) is 13.8. The Kier molecular flexibility index (Phi) is 3.46. The molecule has 1 nitrogen and oxygen atoms in total. The van der Waals surface area contributed by atoms with Crippen molar-refractivity contribution in [2.24, 2.45) is 0 Å². The van der Waals surface area contributed by atoms with Crippen molar-refractivity contribution in [3.63, 3.8) is 0 Å². The molecule has 1 N–H and O–H groups in total. The largest absolute Gasteiger partial charge is 0.508 e. The third-order valence-corrected chi connectivity index (χ3v) is 6.35. The normalized spacial score (nSPS) is 16.9. The van der Waals surface area contributed by atoms with Crippen LogP contribution in [0, 0.1) is 0 Å². The Bertz CT molecular complexity index is 1100. The lowest BCUT2D eigenvalue weighted by Gasteiger charge is -2.28. The summed E-state index contributed by atoms with van der Waals surface area (Å²) in [6.45, 7) is 0. The van der Waals surface area contributed by atoms with Crippen molar-refractivity contribution < 1.29 is 5.11 Å². The Morgan fingerprint density at radius 2 is 1.36 bits per heavy atom. The molecule has 4 aromatic rings. The summed E-state index contributed by atoms with van der Waals surface area (Å²) >= 11 is 1.93. The third kappa shape index (κ3) is 2.32. The van der Waals surface area contributed by atoms with Crippen LogP contribution < -0.4 is 0 Å². The van der Waals surface area contributed by atoms with E-state index in [9.17, 15) is 5.11 Å². The molecular formula is C23H18OS. The Morgan fingerprint density at radius 1 is 0.720 bits per heavy atom. The van der Waals surface area contributed by atoms with E-state index in [1.165, 1.54) is 32.0 Å². The number of hydrogen-bond donors (Lipinski definition) is 1. The summed E-state index contributed by atoms with van der Waals surface area (Å²) in [5.41, 5.74) is 2.46. The lowest BCUT2D eigenvalue weighted by molar-refractivity contribution is 0.465. The molecule has 5 rings (SSSR count). The Balaban J connectivity index is 1.84. The van der Waals surface area contributed by atoms with E-state index < -0.39 is 0 Å². The van der Waals surface area contributed by atoms with Crippen LogP contribution in [0.5, 0.6) is 5.75 Å². The highest BCUT2D eigenvalue weighted by Gasteiger charge is 2.27. The number of phenolic OH excluding ortho intramolecular Hbond substituents is 1. The van der Waals surface area contributed by atoms with Crippen LogP contribution in [0.1, 0.15) is 23.5 Å². The monoisotopic (exact) mass is 342 g/mol. The van der Waals surface area contributed by atoms with Crippen molar-refractivity contribution in [2.45, 2.75) is 17.2 Å². The molecule has 1 atom stereocenters. The van der Waals surface area contributed by atoms with E-state index in [1.54, 1.807) is 0 Å². The molecule has 0 radical (unpaired) electrons. The first kappa shape index (κ1) is 14.9. The quantitative estimate of drug-likeness (QED) is 0.436. The van der Waals surface area contributed by atoms with Gasteiger partial charge >= 0.3 is 0 Å². The zero-order valence-corrected chi connectivity index (χ0v) is 14.6. The van der Waals surface area contributed by atoms with Crippen LogP contribution in [0.15, 0.2) is 77.7 Å². The molecule has 0 bridgehead atoms. The maximum atomic E-state index is 10.8. The standard InChI is InChI=1S/C23H18OS/c24-20-11-9-15-5-1-3-7-17(15)22(20)19-13-14-25-21-12-10-16-6-2-4-8-18(16)23(19)21/h1-12,19,24H,13-14H2. The van der Waals surface area contributed by atoms with E-state index in [1.807, 2.05) is 23.9 Å². The second-order valence-electron chi connectivity index (χ2n) is 6.61. The number of hydrogen-bond acceptors (Lipinski definition) is 2. The lowest BCUT2D eigenvalue weighted by Crippen LogP contribution is -2.10. The van der Waals surface area contributed by atoms with Crippen molar-refractivity contribution in [2.75, 3.05) is 5.75 Å². The topological polar surface area (TPSA) is 20.2 Å². The highest BCUT2D eigenvalue weighted by Crippen LogP contribution is 2.48. The first-order chi connectivity index (χ1) is 12.3. The number of fused-ring (bicyclic) bond motifs is 4. The average Bonchev–Trinajstić information content (AvgIpc) is 2.67.